The Morgan fingerprint density at radius 3 is 3.19 bits per heavy atom. The quantitative estimate of drug-likeness (QED) is 0.894. The molecular weight excluding hydrogens is 288 g/mol. The van der Waals surface area contributed by atoms with Gasteiger partial charge in [0.25, 0.3) is 0 Å². The second-order valence-electron chi connectivity index (χ2n) is 5.90. The van der Waals surface area contributed by atoms with Crippen LogP contribution in [0.15, 0.2) is 18.2 Å². The molecule has 2 heterocycles. The van der Waals surface area contributed by atoms with E-state index in [0.717, 1.165) is 37.4 Å². The zero-order chi connectivity index (χ0) is 14.7. The first kappa shape index (κ1) is 14.7. The lowest BCUT2D eigenvalue weighted by Gasteiger charge is -2.25. The number of fused-ring (bicyclic) bond motifs is 1. The second kappa shape index (κ2) is 6.67. The van der Waals surface area contributed by atoms with Gasteiger partial charge in [0.05, 0.1) is 5.92 Å². The minimum absolute atomic E-state index is 0.0894. The van der Waals surface area contributed by atoms with Crippen LogP contribution in [0.4, 0.5) is 0 Å². The lowest BCUT2D eigenvalue weighted by molar-refractivity contribution is -0.126. The third kappa shape index (κ3) is 3.69. The molecule has 2 aliphatic rings. The normalized spacial score (nSPS) is 24.2. The first-order valence-electron chi connectivity index (χ1n) is 7.62. The van der Waals surface area contributed by atoms with Crippen molar-refractivity contribution >= 4 is 17.5 Å². The molecule has 0 spiro atoms. The van der Waals surface area contributed by atoms with Crippen molar-refractivity contribution in [3.8, 4) is 5.75 Å². The van der Waals surface area contributed by atoms with E-state index in [2.05, 4.69) is 10.6 Å². The van der Waals surface area contributed by atoms with Crippen LogP contribution in [0.3, 0.4) is 0 Å². The van der Waals surface area contributed by atoms with E-state index in [-0.39, 0.29) is 11.8 Å². The standard InChI is InChI=1S/C16H21ClN2O2/c17-14-1-2-15-12(8-14)7-13(10-21-15)16(20)19-6-4-11-3-5-18-9-11/h1-2,8,11,13,18H,3-7,9-10H2,(H,19,20). The summed E-state index contributed by atoms with van der Waals surface area (Å²) in [6, 6.07) is 5.58. The van der Waals surface area contributed by atoms with Crippen molar-refractivity contribution in [1.82, 2.24) is 10.6 Å². The van der Waals surface area contributed by atoms with Crippen LogP contribution in [0.1, 0.15) is 18.4 Å². The Morgan fingerprint density at radius 2 is 2.38 bits per heavy atom. The molecule has 0 aromatic heterocycles. The molecule has 1 aromatic rings. The van der Waals surface area contributed by atoms with Gasteiger partial charge >= 0.3 is 0 Å². The number of amides is 1. The van der Waals surface area contributed by atoms with Crippen LogP contribution in [-0.2, 0) is 11.2 Å². The zero-order valence-corrected chi connectivity index (χ0v) is 12.8. The minimum atomic E-state index is -0.113. The number of ether oxygens (including phenoxy) is 1. The molecule has 5 heteroatoms. The van der Waals surface area contributed by atoms with Crippen molar-refractivity contribution in [1.29, 1.82) is 0 Å². The van der Waals surface area contributed by atoms with Crippen LogP contribution in [0.25, 0.3) is 0 Å². The summed E-state index contributed by atoms with van der Waals surface area (Å²) in [6.07, 6.45) is 2.97. The van der Waals surface area contributed by atoms with E-state index in [1.807, 2.05) is 18.2 Å². The predicted molar refractivity (Wildman–Crippen MR) is 82.7 cm³/mol. The van der Waals surface area contributed by atoms with Crippen molar-refractivity contribution in [2.24, 2.45) is 11.8 Å². The van der Waals surface area contributed by atoms with E-state index in [4.69, 9.17) is 16.3 Å². The van der Waals surface area contributed by atoms with Gasteiger partial charge in [-0.3, -0.25) is 4.79 Å². The molecule has 2 unspecified atom stereocenters. The van der Waals surface area contributed by atoms with Gasteiger partial charge < -0.3 is 15.4 Å². The molecule has 0 aliphatic carbocycles. The second-order valence-corrected chi connectivity index (χ2v) is 6.34. The maximum atomic E-state index is 12.2. The molecular formula is C16H21ClN2O2. The molecule has 2 N–H and O–H groups in total. The Kier molecular flexibility index (Phi) is 4.66. The number of hydrogen-bond donors (Lipinski definition) is 2. The smallest absolute Gasteiger partial charge is 0.226 e. The summed E-state index contributed by atoms with van der Waals surface area (Å²) in [5, 5.41) is 7.08. The lowest BCUT2D eigenvalue weighted by atomic mass is 9.96. The van der Waals surface area contributed by atoms with Gasteiger partial charge in [-0.15, -0.1) is 0 Å². The number of carbonyl (C=O) groups is 1. The van der Waals surface area contributed by atoms with Gasteiger partial charge in [-0.2, -0.15) is 0 Å². The third-order valence-electron chi connectivity index (χ3n) is 4.31. The first-order chi connectivity index (χ1) is 10.2. The maximum absolute atomic E-state index is 12.2. The first-order valence-corrected chi connectivity index (χ1v) is 8.00. The van der Waals surface area contributed by atoms with Gasteiger partial charge in [-0.1, -0.05) is 11.6 Å². The molecule has 2 atom stereocenters. The highest BCUT2D eigenvalue weighted by atomic mass is 35.5. The number of carbonyl (C=O) groups excluding carboxylic acids is 1. The van der Waals surface area contributed by atoms with Crippen LogP contribution >= 0.6 is 11.6 Å². The van der Waals surface area contributed by atoms with Gasteiger partial charge in [0.1, 0.15) is 12.4 Å². The maximum Gasteiger partial charge on any atom is 0.226 e. The van der Waals surface area contributed by atoms with Gasteiger partial charge in [-0.25, -0.2) is 0 Å². The molecule has 0 saturated carbocycles. The lowest BCUT2D eigenvalue weighted by Crippen LogP contribution is -2.38. The highest BCUT2D eigenvalue weighted by Crippen LogP contribution is 2.29. The molecule has 2 aliphatic heterocycles. The SMILES string of the molecule is O=C(NCCC1CCNC1)C1COc2ccc(Cl)cc2C1. The van der Waals surface area contributed by atoms with Crippen molar-refractivity contribution < 1.29 is 9.53 Å². The molecule has 114 valence electrons. The number of halogens is 1. The summed E-state index contributed by atoms with van der Waals surface area (Å²) in [6.45, 7) is 3.39. The fourth-order valence-corrected chi connectivity index (χ4v) is 3.23. The van der Waals surface area contributed by atoms with Crippen LogP contribution in [-0.4, -0.2) is 32.1 Å². The average Bonchev–Trinajstić information content (AvgIpc) is 2.99. The van der Waals surface area contributed by atoms with Gasteiger partial charge in [0, 0.05) is 11.6 Å². The van der Waals surface area contributed by atoms with E-state index in [1.54, 1.807) is 0 Å². The molecule has 1 fully saturated rings. The zero-order valence-electron chi connectivity index (χ0n) is 12.0. The van der Waals surface area contributed by atoms with Crippen LogP contribution in [0, 0.1) is 11.8 Å². The Bertz CT molecular complexity index is 515. The van der Waals surface area contributed by atoms with E-state index in [9.17, 15) is 4.79 Å². The number of rotatable bonds is 4. The van der Waals surface area contributed by atoms with Crippen LogP contribution < -0.4 is 15.4 Å². The summed E-state index contributed by atoms with van der Waals surface area (Å²) in [7, 11) is 0. The van der Waals surface area contributed by atoms with Crippen molar-refractivity contribution in [2.45, 2.75) is 19.3 Å². The van der Waals surface area contributed by atoms with Crippen molar-refractivity contribution in [2.75, 3.05) is 26.2 Å². The monoisotopic (exact) mass is 308 g/mol. The number of hydrogen-bond acceptors (Lipinski definition) is 3. The highest BCUT2D eigenvalue weighted by molar-refractivity contribution is 6.30. The van der Waals surface area contributed by atoms with Gasteiger partial charge in [-0.05, 0) is 62.0 Å². The predicted octanol–water partition coefficient (Wildman–Crippen LogP) is 2.01. The number of benzene rings is 1. The fourth-order valence-electron chi connectivity index (χ4n) is 3.04. The Morgan fingerprint density at radius 1 is 1.48 bits per heavy atom. The molecule has 0 bridgehead atoms. The Labute approximate surface area is 130 Å². The number of nitrogens with one attached hydrogen (secondary N) is 2. The van der Waals surface area contributed by atoms with Gasteiger partial charge in [0.15, 0.2) is 0 Å². The summed E-state index contributed by atoms with van der Waals surface area (Å²) >= 11 is 6.00. The summed E-state index contributed by atoms with van der Waals surface area (Å²) in [5.41, 5.74) is 1.02. The van der Waals surface area contributed by atoms with E-state index in [0.29, 0.717) is 24.0 Å². The van der Waals surface area contributed by atoms with E-state index in [1.165, 1.54) is 6.42 Å². The molecule has 4 nitrogen and oxygen atoms in total. The highest BCUT2D eigenvalue weighted by Gasteiger charge is 2.26. The van der Waals surface area contributed by atoms with Crippen molar-refractivity contribution in [3.05, 3.63) is 28.8 Å². The summed E-state index contributed by atoms with van der Waals surface area (Å²) in [4.78, 5) is 12.2. The topological polar surface area (TPSA) is 50.4 Å². The molecule has 21 heavy (non-hydrogen) atoms. The average molecular weight is 309 g/mol. The Balaban J connectivity index is 1.49. The van der Waals surface area contributed by atoms with E-state index >= 15 is 0 Å². The Hall–Kier alpha value is -1.26. The van der Waals surface area contributed by atoms with E-state index < -0.39 is 0 Å². The molecule has 1 saturated heterocycles. The van der Waals surface area contributed by atoms with Crippen LogP contribution in [0.5, 0.6) is 5.75 Å². The largest absolute Gasteiger partial charge is 0.492 e. The van der Waals surface area contributed by atoms with Crippen molar-refractivity contribution in [3.63, 3.8) is 0 Å². The van der Waals surface area contributed by atoms with Crippen LogP contribution in [0.2, 0.25) is 5.02 Å². The summed E-state index contributed by atoms with van der Waals surface area (Å²) < 4.78 is 5.66. The molecule has 1 amide bonds. The molecule has 3 rings (SSSR count). The minimum Gasteiger partial charge on any atom is -0.492 e. The fraction of sp³-hybridized carbons (Fsp3) is 0.562. The van der Waals surface area contributed by atoms with Gasteiger partial charge in [0.2, 0.25) is 5.91 Å². The molecule has 0 radical (unpaired) electrons. The third-order valence-corrected chi connectivity index (χ3v) is 4.55. The summed E-state index contributed by atoms with van der Waals surface area (Å²) in [5.74, 6) is 1.53. The molecule has 1 aromatic carbocycles.